The van der Waals surface area contributed by atoms with Crippen LogP contribution in [0.15, 0.2) is 48.9 Å². The number of fused-ring (bicyclic) bond motifs is 1. The molecule has 1 aromatic carbocycles. The fourth-order valence-electron chi connectivity index (χ4n) is 3.71. The molecule has 0 spiro atoms. The normalized spacial score (nSPS) is 14.6. The number of piperidine rings is 1. The van der Waals surface area contributed by atoms with Crippen LogP contribution in [0.1, 0.15) is 23.5 Å². The largest absolute Gasteiger partial charge is 0.487 e. The minimum absolute atomic E-state index is 0.0205. The molecule has 0 aliphatic carbocycles. The number of ether oxygens (including phenoxy) is 1. The summed E-state index contributed by atoms with van der Waals surface area (Å²) in [5.41, 5.74) is 2.66. The molecule has 0 radical (unpaired) electrons. The summed E-state index contributed by atoms with van der Waals surface area (Å²) in [7, 11) is 0. The van der Waals surface area contributed by atoms with Crippen LogP contribution in [0.25, 0.3) is 22.4 Å². The van der Waals surface area contributed by atoms with E-state index in [9.17, 15) is 4.79 Å². The van der Waals surface area contributed by atoms with Crippen LogP contribution in [0, 0.1) is 0 Å². The first kappa shape index (κ1) is 20.2. The molecule has 0 atom stereocenters. The highest BCUT2D eigenvalue weighted by Crippen LogP contribution is 2.25. The first-order valence-corrected chi connectivity index (χ1v) is 10.5. The zero-order chi connectivity index (χ0) is 22.1. The minimum Gasteiger partial charge on any atom is -0.487 e. The van der Waals surface area contributed by atoms with Crippen molar-refractivity contribution in [3.05, 3.63) is 59.8 Å². The number of nitrogens with zero attached hydrogens (tertiary/aromatic N) is 5. The number of imidazole rings is 1. The van der Waals surface area contributed by atoms with Gasteiger partial charge in [0.25, 0.3) is 0 Å². The molecule has 1 saturated heterocycles. The third-order valence-corrected chi connectivity index (χ3v) is 5.59. The Balaban J connectivity index is 1.20. The molecule has 162 valence electrons. The van der Waals surface area contributed by atoms with Crippen molar-refractivity contribution in [3.8, 4) is 17.1 Å². The van der Waals surface area contributed by atoms with Crippen molar-refractivity contribution in [2.75, 3.05) is 18.0 Å². The van der Waals surface area contributed by atoms with Crippen molar-refractivity contribution in [1.29, 1.82) is 0 Å². The number of carbonyl (C=O) groups is 1. The predicted molar refractivity (Wildman–Crippen MR) is 119 cm³/mol. The molecule has 0 amide bonds. The maximum atomic E-state index is 10.8. The Bertz CT molecular complexity index is 1250. The lowest BCUT2D eigenvalue weighted by Crippen LogP contribution is -2.38. The van der Waals surface area contributed by atoms with Gasteiger partial charge in [0.15, 0.2) is 5.75 Å². The van der Waals surface area contributed by atoms with E-state index in [1.807, 2.05) is 36.5 Å². The van der Waals surface area contributed by atoms with Gasteiger partial charge in [-0.1, -0.05) is 11.6 Å². The van der Waals surface area contributed by atoms with Gasteiger partial charge in [0, 0.05) is 42.7 Å². The van der Waals surface area contributed by atoms with Gasteiger partial charge in [-0.25, -0.2) is 24.7 Å². The smallest absolute Gasteiger partial charge is 0.373 e. The molecule has 0 unspecified atom stereocenters. The van der Waals surface area contributed by atoms with Gasteiger partial charge in [0.05, 0.1) is 23.4 Å². The van der Waals surface area contributed by atoms with E-state index in [4.69, 9.17) is 21.4 Å². The number of aromatic nitrogens is 5. The number of hydrogen-bond acceptors (Lipinski definition) is 7. The van der Waals surface area contributed by atoms with Gasteiger partial charge >= 0.3 is 5.97 Å². The van der Waals surface area contributed by atoms with Crippen molar-refractivity contribution < 1.29 is 14.6 Å². The van der Waals surface area contributed by atoms with Crippen LogP contribution >= 0.6 is 11.6 Å². The quantitative estimate of drug-likeness (QED) is 0.471. The molecule has 9 nitrogen and oxygen atoms in total. The number of carboxylic acids is 1. The molecule has 5 rings (SSSR count). The Morgan fingerprint density at radius 3 is 2.56 bits per heavy atom. The van der Waals surface area contributed by atoms with E-state index >= 15 is 0 Å². The third kappa shape index (κ3) is 4.19. The molecule has 0 bridgehead atoms. The van der Waals surface area contributed by atoms with Crippen molar-refractivity contribution in [1.82, 2.24) is 24.9 Å². The van der Waals surface area contributed by atoms with Gasteiger partial charge in [0.1, 0.15) is 17.7 Å². The molecule has 1 aliphatic rings. The topological polar surface area (TPSA) is 117 Å². The number of H-pyrrole nitrogens is 1. The van der Waals surface area contributed by atoms with Gasteiger partial charge in [-0.3, -0.25) is 0 Å². The third-order valence-electron chi connectivity index (χ3n) is 5.35. The lowest BCUT2D eigenvalue weighted by atomic mass is 10.1. The SMILES string of the molecule is O=C(O)c1ncc(OC2CCN(c3ccc(-c4nc5cc(Cl)ccc5[nH]4)cn3)CC2)cn1. The summed E-state index contributed by atoms with van der Waals surface area (Å²) >= 11 is 6.05. The average Bonchev–Trinajstić information content (AvgIpc) is 3.23. The molecule has 0 saturated carbocycles. The van der Waals surface area contributed by atoms with Crippen LogP contribution in [0.3, 0.4) is 0 Å². The van der Waals surface area contributed by atoms with Gasteiger partial charge in [-0.05, 0) is 30.3 Å². The van der Waals surface area contributed by atoms with E-state index in [1.54, 1.807) is 0 Å². The fourth-order valence-corrected chi connectivity index (χ4v) is 3.88. The second-order valence-corrected chi connectivity index (χ2v) is 7.94. The van der Waals surface area contributed by atoms with Crippen molar-refractivity contribution in [2.24, 2.45) is 0 Å². The van der Waals surface area contributed by atoms with Crippen molar-refractivity contribution >= 4 is 34.4 Å². The molecule has 4 heterocycles. The van der Waals surface area contributed by atoms with Gasteiger partial charge in [0.2, 0.25) is 5.82 Å². The van der Waals surface area contributed by atoms with E-state index in [0.717, 1.165) is 54.2 Å². The number of aromatic amines is 1. The number of nitrogens with one attached hydrogen (secondary N) is 1. The summed E-state index contributed by atoms with van der Waals surface area (Å²) < 4.78 is 5.90. The Morgan fingerprint density at radius 1 is 1.09 bits per heavy atom. The summed E-state index contributed by atoms with van der Waals surface area (Å²) in [5.74, 6) is 0.731. The molecule has 2 N–H and O–H groups in total. The maximum Gasteiger partial charge on any atom is 0.373 e. The molecule has 1 fully saturated rings. The lowest BCUT2D eigenvalue weighted by molar-refractivity contribution is 0.0683. The second kappa shape index (κ2) is 8.43. The first-order valence-electron chi connectivity index (χ1n) is 10.1. The number of carboxylic acid groups (broad SMARTS) is 1. The molecule has 3 aromatic heterocycles. The van der Waals surface area contributed by atoms with Crippen molar-refractivity contribution in [2.45, 2.75) is 18.9 Å². The van der Waals surface area contributed by atoms with Crippen LogP contribution in [-0.4, -0.2) is 55.2 Å². The molecular formula is C22H19ClN6O3. The zero-order valence-corrected chi connectivity index (χ0v) is 17.7. The number of anilines is 1. The van der Waals surface area contributed by atoms with E-state index in [2.05, 4.69) is 29.8 Å². The number of pyridine rings is 1. The Morgan fingerprint density at radius 2 is 1.88 bits per heavy atom. The molecule has 1 aliphatic heterocycles. The molecule has 10 heteroatoms. The van der Waals surface area contributed by atoms with Crippen LogP contribution in [0.4, 0.5) is 5.82 Å². The van der Waals surface area contributed by atoms with Crippen molar-refractivity contribution in [3.63, 3.8) is 0 Å². The summed E-state index contributed by atoms with van der Waals surface area (Å²) in [6.45, 7) is 1.60. The van der Waals surface area contributed by atoms with Crippen LogP contribution < -0.4 is 9.64 Å². The van der Waals surface area contributed by atoms with E-state index in [-0.39, 0.29) is 11.9 Å². The Kier molecular flexibility index (Phi) is 5.32. The minimum atomic E-state index is -1.16. The Labute approximate surface area is 188 Å². The fraction of sp³-hybridized carbons (Fsp3) is 0.227. The predicted octanol–water partition coefficient (Wildman–Crippen LogP) is 3.81. The standard InChI is InChI=1S/C22H19ClN6O3/c23-14-2-3-17-18(9-14)28-20(27-17)13-1-4-19(24-10-13)29-7-5-15(6-8-29)32-16-11-25-21(22(30)31)26-12-16/h1-4,9-12,15H,5-8H2,(H,27,28)(H,30,31). The molecule has 4 aromatic rings. The number of halogens is 1. The highest BCUT2D eigenvalue weighted by Gasteiger charge is 2.22. The number of aromatic carboxylic acids is 1. The average molecular weight is 451 g/mol. The number of rotatable bonds is 5. The second-order valence-electron chi connectivity index (χ2n) is 7.50. The summed E-state index contributed by atoms with van der Waals surface area (Å²) in [6, 6.07) is 9.58. The number of benzene rings is 1. The van der Waals surface area contributed by atoms with Crippen LogP contribution in [0.2, 0.25) is 5.02 Å². The highest BCUT2D eigenvalue weighted by atomic mass is 35.5. The summed E-state index contributed by atoms with van der Waals surface area (Å²) in [6.07, 6.45) is 6.26. The zero-order valence-electron chi connectivity index (χ0n) is 16.9. The molecular weight excluding hydrogens is 432 g/mol. The Hall–Kier alpha value is -3.72. The maximum absolute atomic E-state index is 10.8. The summed E-state index contributed by atoms with van der Waals surface area (Å²) in [5, 5.41) is 9.53. The van der Waals surface area contributed by atoms with Crippen LogP contribution in [0.5, 0.6) is 5.75 Å². The summed E-state index contributed by atoms with van der Waals surface area (Å²) in [4.78, 5) is 33.1. The monoisotopic (exact) mass is 450 g/mol. The lowest BCUT2D eigenvalue weighted by Gasteiger charge is -2.32. The van der Waals surface area contributed by atoms with Crippen LogP contribution in [-0.2, 0) is 0 Å². The first-order chi connectivity index (χ1) is 15.5. The van der Waals surface area contributed by atoms with E-state index in [1.165, 1.54) is 12.4 Å². The molecule has 32 heavy (non-hydrogen) atoms. The van der Waals surface area contributed by atoms with Gasteiger partial charge in [-0.15, -0.1) is 0 Å². The van der Waals surface area contributed by atoms with Gasteiger partial charge in [-0.2, -0.15) is 0 Å². The van der Waals surface area contributed by atoms with E-state index < -0.39 is 5.97 Å². The number of hydrogen-bond donors (Lipinski definition) is 2. The van der Waals surface area contributed by atoms with Gasteiger partial charge < -0.3 is 19.7 Å². The van der Waals surface area contributed by atoms with E-state index in [0.29, 0.717) is 10.8 Å². The highest BCUT2D eigenvalue weighted by molar-refractivity contribution is 6.31.